The molecule has 92 valence electrons. The smallest absolute Gasteiger partial charge is 0.279 e. The number of anilines is 1. The number of nitrogens with two attached hydrogens (primary N) is 1. The van der Waals surface area contributed by atoms with Crippen LogP contribution in [0, 0.1) is 5.82 Å². The Hall–Kier alpha value is -1.95. The van der Waals surface area contributed by atoms with Crippen LogP contribution < -0.4 is 16.0 Å². The minimum atomic E-state index is -0.405. The Balaban J connectivity index is 2.32. The number of rotatable bonds is 5. The molecular weight excluding hydrogens is 225 g/mol. The van der Waals surface area contributed by atoms with E-state index in [4.69, 9.17) is 0 Å². The number of carbonyl (C=O) groups is 2. The maximum absolute atomic E-state index is 12.8. The molecular formula is C11H15FN3O2+. The molecule has 0 heterocycles. The largest absolute Gasteiger partial charge is 0.354 e. The zero-order chi connectivity index (χ0) is 12.7. The molecule has 0 spiro atoms. The minimum absolute atomic E-state index is 0.115. The van der Waals surface area contributed by atoms with Gasteiger partial charge in [0.1, 0.15) is 5.82 Å². The van der Waals surface area contributed by atoms with Crippen molar-refractivity contribution < 1.29 is 19.3 Å². The first-order valence-electron chi connectivity index (χ1n) is 5.19. The number of halogens is 1. The Kier molecular flexibility index (Phi) is 5.09. The summed E-state index contributed by atoms with van der Waals surface area (Å²) < 4.78 is 12.8. The highest BCUT2D eigenvalue weighted by Gasteiger charge is 2.06. The third-order valence-electron chi connectivity index (χ3n) is 2.05. The Labute approximate surface area is 98.4 Å². The number of nitrogens with one attached hydrogen (secondary N) is 2. The van der Waals surface area contributed by atoms with Crippen molar-refractivity contribution in [1.82, 2.24) is 5.32 Å². The van der Waals surface area contributed by atoms with Crippen LogP contribution in [0.3, 0.4) is 0 Å². The lowest BCUT2D eigenvalue weighted by Gasteiger charge is -2.04. The molecule has 6 heteroatoms. The Morgan fingerprint density at radius 1 is 1.29 bits per heavy atom. The van der Waals surface area contributed by atoms with Crippen LogP contribution in [0.2, 0.25) is 0 Å². The van der Waals surface area contributed by atoms with E-state index in [1.54, 1.807) is 11.4 Å². The summed E-state index contributed by atoms with van der Waals surface area (Å²) in [7, 11) is 1.53. The topological polar surface area (TPSA) is 74.8 Å². The standard InChI is InChI=1S/C11H14FN3O2/c1-13-10(16)6-14-7-11(17)15-9-4-2-3-8(12)5-9/h2-5,14H,6-7H2,1H3,(H,13,16)(H,15,17)/p+1. The van der Waals surface area contributed by atoms with E-state index in [0.717, 1.165) is 0 Å². The van der Waals surface area contributed by atoms with Gasteiger partial charge in [0, 0.05) is 12.7 Å². The van der Waals surface area contributed by atoms with Crippen molar-refractivity contribution in [2.24, 2.45) is 0 Å². The molecule has 2 amide bonds. The average molecular weight is 240 g/mol. The van der Waals surface area contributed by atoms with Gasteiger partial charge in [0.25, 0.3) is 11.8 Å². The first-order chi connectivity index (χ1) is 8.11. The minimum Gasteiger partial charge on any atom is -0.354 e. The van der Waals surface area contributed by atoms with E-state index in [0.29, 0.717) is 5.69 Å². The monoisotopic (exact) mass is 240 g/mol. The number of hydrogen-bond donors (Lipinski definition) is 3. The molecule has 0 saturated heterocycles. The van der Waals surface area contributed by atoms with Gasteiger partial charge < -0.3 is 16.0 Å². The van der Waals surface area contributed by atoms with E-state index in [1.807, 2.05) is 0 Å². The fourth-order valence-electron chi connectivity index (χ4n) is 1.21. The van der Waals surface area contributed by atoms with Crippen LogP contribution in [0.4, 0.5) is 10.1 Å². The first kappa shape index (κ1) is 13.1. The second kappa shape index (κ2) is 6.59. The van der Waals surface area contributed by atoms with Crippen LogP contribution in [-0.2, 0) is 9.59 Å². The summed E-state index contributed by atoms with van der Waals surface area (Å²) in [5, 5.41) is 6.54. The average Bonchev–Trinajstić information content (AvgIpc) is 2.28. The number of hydrogen-bond acceptors (Lipinski definition) is 2. The molecule has 0 fully saturated rings. The van der Waals surface area contributed by atoms with Crippen molar-refractivity contribution in [2.45, 2.75) is 0 Å². The molecule has 5 nitrogen and oxygen atoms in total. The van der Waals surface area contributed by atoms with E-state index in [9.17, 15) is 14.0 Å². The summed E-state index contributed by atoms with van der Waals surface area (Å²) >= 11 is 0. The number of likely N-dealkylation sites (N-methyl/N-ethyl adjacent to an activating group) is 1. The van der Waals surface area contributed by atoms with Gasteiger partial charge in [-0.2, -0.15) is 0 Å². The summed E-state index contributed by atoms with van der Waals surface area (Å²) in [6.07, 6.45) is 0. The molecule has 1 aromatic rings. The van der Waals surface area contributed by atoms with Gasteiger partial charge in [0.15, 0.2) is 13.1 Å². The lowest BCUT2D eigenvalue weighted by Crippen LogP contribution is -2.88. The SMILES string of the molecule is CNC(=O)C[NH2+]CC(=O)Nc1cccc(F)c1. The van der Waals surface area contributed by atoms with Crippen molar-refractivity contribution in [3.05, 3.63) is 30.1 Å². The van der Waals surface area contributed by atoms with E-state index in [1.165, 1.54) is 25.2 Å². The van der Waals surface area contributed by atoms with Gasteiger partial charge in [-0.3, -0.25) is 9.59 Å². The second-order valence-corrected chi connectivity index (χ2v) is 3.43. The lowest BCUT2D eigenvalue weighted by atomic mass is 10.3. The molecule has 0 aromatic heterocycles. The van der Waals surface area contributed by atoms with Gasteiger partial charge in [-0.15, -0.1) is 0 Å². The molecule has 0 aliphatic carbocycles. The molecule has 0 bridgehead atoms. The normalized spacial score (nSPS) is 9.76. The Bertz CT molecular complexity index is 409. The van der Waals surface area contributed by atoms with Gasteiger partial charge in [0.05, 0.1) is 0 Å². The van der Waals surface area contributed by atoms with Crippen molar-refractivity contribution in [3.8, 4) is 0 Å². The van der Waals surface area contributed by atoms with E-state index in [-0.39, 0.29) is 24.9 Å². The van der Waals surface area contributed by atoms with Crippen molar-refractivity contribution in [3.63, 3.8) is 0 Å². The number of benzene rings is 1. The number of amides is 2. The van der Waals surface area contributed by atoms with Crippen LogP contribution in [-0.4, -0.2) is 32.0 Å². The van der Waals surface area contributed by atoms with Crippen molar-refractivity contribution in [1.29, 1.82) is 0 Å². The first-order valence-corrected chi connectivity index (χ1v) is 5.19. The summed E-state index contributed by atoms with van der Waals surface area (Å²) in [5.41, 5.74) is 0.406. The third-order valence-corrected chi connectivity index (χ3v) is 2.05. The van der Waals surface area contributed by atoms with Crippen LogP contribution in [0.1, 0.15) is 0 Å². The Morgan fingerprint density at radius 3 is 2.65 bits per heavy atom. The van der Waals surface area contributed by atoms with Gasteiger partial charge in [-0.1, -0.05) is 6.07 Å². The van der Waals surface area contributed by atoms with Crippen molar-refractivity contribution >= 4 is 17.5 Å². The van der Waals surface area contributed by atoms with Crippen LogP contribution in [0.5, 0.6) is 0 Å². The number of quaternary nitrogens is 1. The zero-order valence-electron chi connectivity index (χ0n) is 9.50. The van der Waals surface area contributed by atoms with Gasteiger partial charge in [-0.05, 0) is 18.2 Å². The summed E-state index contributed by atoms with van der Waals surface area (Å²) in [6.45, 7) is 0.303. The van der Waals surface area contributed by atoms with Crippen LogP contribution in [0.15, 0.2) is 24.3 Å². The predicted molar refractivity (Wildman–Crippen MR) is 60.8 cm³/mol. The van der Waals surface area contributed by atoms with E-state index >= 15 is 0 Å². The fraction of sp³-hybridized carbons (Fsp3) is 0.273. The summed E-state index contributed by atoms with van der Waals surface area (Å²) in [6, 6.07) is 5.64. The maximum atomic E-state index is 12.8. The van der Waals surface area contributed by atoms with E-state index in [2.05, 4.69) is 10.6 Å². The molecule has 0 saturated carbocycles. The van der Waals surface area contributed by atoms with Crippen LogP contribution >= 0.6 is 0 Å². The molecule has 0 unspecified atom stereocenters. The van der Waals surface area contributed by atoms with E-state index < -0.39 is 5.82 Å². The zero-order valence-corrected chi connectivity index (χ0v) is 9.50. The van der Waals surface area contributed by atoms with Crippen LogP contribution in [0.25, 0.3) is 0 Å². The number of carbonyl (C=O) groups excluding carboxylic acids is 2. The van der Waals surface area contributed by atoms with Gasteiger partial charge in [0.2, 0.25) is 0 Å². The molecule has 17 heavy (non-hydrogen) atoms. The molecule has 0 aliphatic heterocycles. The van der Waals surface area contributed by atoms with Crippen molar-refractivity contribution in [2.75, 3.05) is 25.5 Å². The molecule has 0 atom stereocenters. The molecule has 1 rings (SSSR count). The second-order valence-electron chi connectivity index (χ2n) is 3.43. The van der Waals surface area contributed by atoms with Gasteiger partial charge >= 0.3 is 0 Å². The molecule has 4 N–H and O–H groups in total. The molecule has 0 radical (unpaired) electrons. The summed E-state index contributed by atoms with van der Waals surface area (Å²) in [4.78, 5) is 22.3. The summed E-state index contributed by atoms with van der Waals surface area (Å²) in [5.74, 6) is -0.833. The highest BCUT2D eigenvalue weighted by Crippen LogP contribution is 2.08. The Morgan fingerprint density at radius 2 is 2.00 bits per heavy atom. The maximum Gasteiger partial charge on any atom is 0.279 e. The fourth-order valence-corrected chi connectivity index (χ4v) is 1.21. The molecule has 0 aliphatic rings. The highest BCUT2D eigenvalue weighted by atomic mass is 19.1. The quantitative estimate of drug-likeness (QED) is 0.622. The third kappa shape index (κ3) is 5.07. The van der Waals surface area contributed by atoms with Gasteiger partial charge in [-0.25, -0.2) is 4.39 Å². The highest BCUT2D eigenvalue weighted by molar-refractivity contribution is 5.91. The predicted octanol–water partition coefficient (Wildman–Crippen LogP) is -0.926. The lowest BCUT2D eigenvalue weighted by molar-refractivity contribution is -0.632. The molecule has 1 aromatic carbocycles.